The van der Waals surface area contributed by atoms with Crippen LogP contribution in [0.25, 0.3) is 10.9 Å². The summed E-state index contributed by atoms with van der Waals surface area (Å²) in [6, 6.07) is 14.6. The van der Waals surface area contributed by atoms with E-state index in [-0.39, 0.29) is 11.5 Å². The molecule has 1 aliphatic rings. The number of nitrogens with zero attached hydrogens (tertiary/aromatic N) is 2. The van der Waals surface area contributed by atoms with Crippen LogP contribution in [0.2, 0.25) is 0 Å². The predicted molar refractivity (Wildman–Crippen MR) is 131 cm³/mol. The number of aryl methyl sites for hydroxylation is 1. The van der Waals surface area contributed by atoms with Crippen LogP contribution in [0.1, 0.15) is 48.0 Å². The van der Waals surface area contributed by atoms with Gasteiger partial charge in [0.2, 0.25) is 0 Å². The summed E-state index contributed by atoms with van der Waals surface area (Å²) in [6.07, 6.45) is 6.64. The van der Waals surface area contributed by atoms with Gasteiger partial charge in [0.05, 0.1) is 10.9 Å². The SMILES string of the molecule is O=C(NCCCN1CCCCCC1)c1ccc2c(=O)n(CCc3ccccc3)c(=O)[nH]c2c1. The summed E-state index contributed by atoms with van der Waals surface area (Å²) in [5.74, 6) is -0.193. The van der Waals surface area contributed by atoms with E-state index >= 15 is 0 Å². The van der Waals surface area contributed by atoms with E-state index in [0.717, 1.165) is 31.6 Å². The lowest BCUT2D eigenvalue weighted by Gasteiger charge is -2.19. The first-order valence-corrected chi connectivity index (χ1v) is 11.9. The van der Waals surface area contributed by atoms with Crippen molar-refractivity contribution in [2.75, 3.05) is 26.2 Å². The monoisotopic (exact) mass is 448 g/mol. The highest BCUT2D eigenvalue weighted by Gasteiger charge is 2.12. The smallest absolute Gasteiger partial charge is 0.328 e. The zero-order chi connectivity index (χ0) is 23.0. The molecule has 1 aromatic heterocycles. The van der Waals surface area contributed by atoms with E-state index < -0.39 is 5.69 Å². The minimum Gasteiger partial charge on any atom is -0.352 e. The number of carbonyl (C=O) groups is 1. The third-order valence-electron chi connectivity index (χ3n) is 6.35. The Hall–Kier alpha value is -3.19. The molecule has 0 aliphatic carbocycles. The van der Waals surface area contributed by atoms with E-state index in [9.17, 15) is 14.4 Å². The molecule has 7 nitrogen and oxygen atoms in total. The Morgan fingerprint density at radius 1 is 0.939 bits per heavy atom. The standard InChI is InChI=1S/C26H32N4O3/c31-24(27-14-8-17-29-15-6-1-2-7-16-29)21-11-12-22-23(19-21)28-26(33)30(25(22)32)18-13-20-9-4-3-5-10-20/h3-5,9-12,19H,1-2,6-8,13-18H2,(H,27,31)(H,28,33). The van der Waals surface area contributed by atoms with Gasteiger partial charge in [0.1, 0.15) is 0 Å². The van der Waals surface area contributed by atoms with Gasteiger partial charge < -0.3 is 15.2 Å². The van der Waals surface area contributed by atoms with Crippen LogP contribution in [0, 0.1) is 0 Å². The number of carbonyl (C=O) groups excluding carboxylic acids is 1. The number of hydrogen-bond donors (Lipinski definition) is 2. The molecule has 2 heterocycles. The van der Waals surface area contributed by atoms with Crippen molar-refractivity contribution in [3.63, 3.8) is 0 Å². The Labute approximate surface area is 193 Å². The van der Waals surface area contributed by atoms with Gasteiger partial charge in [-0.3, -0.25) is 14.2 Å². The maximum absolute atomic E-state index is 12.9. The van der Waals surface area contributed by atoms with Crippen LogP contribution in [0.5, 0.6) is 0 Å². The quantitative estimate of drug-likeness (QED) is 0.519. The minimum absolute atomic E-state index is 0.193. The average Bonchev–Trinajstić information content (AvgIpc) is 3.11. The predicted octanol–water partition coefficient (Wildman–Crippen LogP) is 2.93. The normalized spacial score (nSPS) is 14.8. The molecule has 33 heavy (non-hydrogen) atoms. The second-order valence-electron chi connectivity index (χ2n) is 8.75. The zero-order valence-electron chi connectivity index (χ0n) is 19.0. The molecule has 4 rings (SSSR count). The van der Waals surface area contributed by atoms with Gasteiger partial charge in [-0.2, -0.15) is 0 Å². The first kappa shape index (κ1) is 23.0. The number of aromatic amines is 1. The molecule has 0 saturated carbocycles. The van der Waals surface area contributed by atoms with Crippen LogP contribution >= 0.6 is 0 Å². The highest BCUT2D eigenvalue weighted by atomic mass is 16.2. The van der Waals surface area contributed by atoms with Gasteiger partial charge in [-0.05, 0) is 69.1 Å². The van der Waals surface area contributed by atoms with E-state index in [4.69, 9.17) is 0 Å². The molecular weight excluding hydrogens is 416 g/mol. The van der Waals surface area contributed by atoms with Gasteiger partial charge in [-0.15, -0.1) is 0 Å². The maximum atomic E-state index is 12.9. The lowest BCUT2D eigenvalue weighted by Crippen LogP contribution is -2.35. The average molecular weight is 449 g/mol. The fraction of sp³-hybridized carbons (Fsp3) is 0.423. The summed E-state index contributed by atoms with van der Waals surface area (Å²) < 4.78 is 1.22. The molecule has 1 fully saturated rings. The van der Waals surface area contributed by atoms with Gasteiger partial charge in [-0.25, -0.2) is 4.79 Å². The van der Waals surface area contributed by atoms with Crippen LogP contribution in [0.4, 0.5) is 0 Å². The summed E-state index contributed by atoms with van der Waals surface area (Å²) in [7, 11) is 0. The molecule has 2 aromatic carbocycles. The Morgan fingerprint density at radius 2 is 1.70 bits per heavy atom. The highest BCUT2D eigenvalue weighted by molar-refractivity contribution is 5.97. The number of likely N-dealkylation sites (tertiary alicyclic amines) is 1. The number of aromatic nitrogens is 2. The summed E-state index contributed by atoms with van der Waals surface area (Å²) in [4.78, 5) is 43.3. The summed E-state index contributed by atoms with van der Waals surface area (Å²) in [6.45, 7) is 4.19. The lowest BCUT2D eigenvalue weighted by molar-refractivity contribution is 0.0951. The molecule has 174 valence electrons. The topological polar surface area (TPSA) is 87.2 Å². The fourth-order valence-corrected chi connectivity index (χ4v) is 4.45. The van der Waals surface area contributed by atoms with Gasteiger partial charge in [0, 0.05) is 18.7 Å². The lowest BCUT2D eigenvalue weighted by atomic mass is 10.1. The summed E-state index contributed by atoms with van der Waals surface area (Å²) in [5.41, 5.74) is 1.09. The molecule has 0 unspecified atom stereocenters. The number of H-pyrrole nitrogens is 1. The molecule has 0 spiro atoms. The van der Waals surface area contributed by atoms with Crippen molar-refractivity contribution in [2.24, 2.45) is 0 Å². The van der Waals surface area contributed by atoms with Crippen molar-refractivity contribution >= 4 is 16.8 Å². The van der Waals surface area contributed by atoms with E-state index in [2.05, 4.69) is 15.2 Å². The molecule has 0 radical (unpaired) electrons. The molecule has 1 aliphatic heterocycles. The zero-order valence-corrected chi connectivity index (χ0v) is 19.0. The Balaban J connectivity index is 1.38. The van der Waals surface area contributed by atoms with Crippen molar-refractivity contribution in [1.29, 1.82) is 0 Å². The number of benzene rings is 2. The van der Waals surface area contributed by atoms with Crippen molar-refractivity contribution in [2.45, 2.75) is 45.1 Å². The third-order valence-corrected chi connectivity index (χ3v) is 6.35. The van der Waals surface area contributed by atoms with Gasteiger partial charge in [0.15, 0.2) is 0 Å². The molecule has 1 saturated heterocycles. The highest BCUT2D eigenvalue weighted by Crippen LogP contribution is 2.11. The number of rotatable bonds is 8. The molecular formula is C26H32N4O3. The van der Waals surface area contributed by atoms with E-state index in [1.54, 1.807) is 18.2 Å². The van der Waals surface area contributed by atoms with Crippen molar-refractivity contribution in [3.8, 4) is 0 Å². The van der Waals surface area contributed by atoms with Crippen molar-refractivity contribution in [1.82, 2.24) is 19.8 Å². The Kier molecular flexibility index (Phi) is 7.73. The summed E-state index contributed by atoms with van der Waals surface area (Å²) >= 11 is 0. The largest absolute Gasteiger partial charge is 0.352 e. The number of fused-ring (bicyclic) bond motifs is 1. The van der Waals surface area contributed by atoms with E-state index in [1.807, 2.05) is 30.3 Å². The van der Waals surface area contributed by atoms with Crippen LogP contribution in [-0.4, -0.2) is 46.5 Å². The number of amides is 1. The molecule has 1 amide bonds. The van der Waals surface area contributed by atoms with Crippen LogP contribution in [-0.2, 0) is 13.0 Å². The van der Waals surface area contributed by atoms with Gasteiger partial charge >= 0.3 is 5.69 Å². The van der Waals surface area contributed by atoms with Crippen LogP contribution < -0.4 is 16.6 Å². The second-order valence-corrected chi connectivity index (χ2v) is 8.75. The van der Waals surface area contributed by atoms with Gasteiger partial charge in [-0.1, -0.05) is 43.2 Å². The molecule has 0 bridgehead atoms. The van der Waals surface area contributed by atoms with Gasteiger partial charge in [0.25, 0.3) is 11.5 Å². The van der Waals surface area contributed by atoms with Crippen molar-refractivity contribution < 1.29 is 4.79 Å². The molecule has 3 aromatic rings. The molecule has 2 N–H and O–H groups in total. The van der Waals surface area contributed by atoms with E-state index in [1.165, 1.54) is 30.3 Å². The fourth-order valence-electron chi connectivity index (χ4n) is 4.45. The minimum atomic E-state index is -0.460. The Morgan fingerprint density at radius 3 is 2.45 bits per heavy atom. The first-order valence-electron chi connectivity index (χ1n) is 11.9. The Bertz CT molecular complexity index is 1190. The maximum Gasteiger partial charge on any atom is 0.328 e. The third kappa shape index (κ3) is 5.99. The van der Waals surface area contributed by atoms with E-state index in [0.29, 0.717) is 36.0 Å². The number of hydrogen-bond acceptors (Lipinski definition) is 4. The number of nitrogens with one attached hydrogen (secondary N) is 2. The second kappa shape index (κ2) is 11.1. The summed E-state index contributed by atoms with van der Waals surface area (Å²) in [5, 5.41) is 3.36. The van der Waals surface area contributed by atoms with Crippen LogP contribution in [0.3, 0.4) is 0 Å². The van der Waals surface area contributed by atoms with Crippen LogP contribution in [0.15, 0.2) is 58.1 Å². The molecule has 7 heteroatoms. The molecule has 0 atom stereocenters. The first-order chi connectivity index (χ1) is 16.1. The van der Waals surface area contributed by atoms with Crippen molar-refractivity contribution in [3.05, 3.63) is 80.5 Å².